The van der Waals surface area contributed by atoms with Crippen LogP contribution in [0.2, 0.25) is 0 Å². The predicted octanol–water partition coefficient (Wildman–Crippen LogP) is 4.98. The van der Waals surface area contributed by atoms with Crippen LogP contribution in [-0.4, -0.2) is 12.6 Å². The van der Waals surface area contributed by atoms with Crippen molar-refractivity contribution in [2.45, 2.75) is 31.9 Å². The zero-order valence-electron chi connectivity index (χ0n) is 13.3. The summed E-state index contributed by atoms with van der Waals surface area (Å²) in [7, 11) is 0. The van der Waals surface area contributed by atoms with Crippen molar-refractivity contribution in [3.63, 3.8) is 0 Å². The quantitative estimate of drug-likeness (QED) is 0.695. The highest BCUT2D eigenvalue weighted by molar-refractivity contribution is 5.70. The van der Waals surface area contributed by atoms with Crippen molar-refractivity contribution in [1.82, 2.24) is 0 Å². The standard InChI is InChI=1S/C19H19F3O2/c1-2-24-18(23)13-16(15-6-4-3-5-7-15)12-14-8-10-17(11-9-14)19(20,21)22/h3-11,16H,2,12-13H2,1H3. The Morgan fingerprint density at radius 2 is 1.67 bits per heavy atom. The normalized spacial score (nSPS) is 12.7. The molecule has 1 atom stereocenters. The van der Waals surface area contributed by atoms with Crippen molar-refractivity contribution in [2.75, 3.05) is 6.61 Å². The van der Waals surface area contributed by atoms with Gasteiger partial charge in [0.2, 0.25) is 0 Å². The smallest absolute Gasteiger partial charge is 0.416 e. The van der Waals surface area contributed by atoms with Crippen LogP contribution >= 0.6 is 0 Å². The summed E-state index contributed by atoms with van der Waals surface area (Å²) in [4.78, 5) is 11.8. The van der Waals surface area contributed by atoms with Crippen LogP contribution < -0.4 is 0 Å². The molecule has 5 heteroatoms. The molecule has 0 aromatic heterocycles. The summed E-state index contributed by atoms with van der Waals surface area (Å²) < 4.78 is 42.9. The highest BCUT2D eigenvalue weighted by Crippen LogP contribution is 2.30. The molecule has 2 rings (SSSR count). The zero-order valence-corrected chi connectivity index (χ0v) is 13.3. The van der Waals surface area contributed by atoms with Crippen molar-refractivity contribution in [3.8, 4) is 0 Å². The van der Waals surface area contributed by atoms with Crippen LogP contribution in [0, 0.1) is 0 Å². The van der Waals surface area contributed by atoms with E-state index in [2.05, 4.69) is 0 Å². The van der Waals surface area contributed by atoms with Crippen LogP contribution in [0.4, 0.5) is 13.2 Å². The highest BCUT2D eigenvalue weighted by Gasteiger charge is 2.30. The summed E-state index contributed by atoms with van der Waals surface area (Å²) in [6.45, 7) is 2.05. The van der Waals surface area contributed by atoms with Gasteiger partial charge in [0, 0.05) is 0 Å². The largest absolute Gasteiger partial charge is 0.466 e. The zero-order chi connectivity index (χ0) is 17.6. The fraction of sp³-hybridized carbons (Fsp3) is 0.316. The molecule has 0 heterocycles. The molecule has 0 saturated heterocycles. The molecule has 0 amide bonds. The maximum Gasteiger partial charge on any atom is 0.416 e. The number of ether oxygens (including phenoxy) is 1. The molecule has 2 aromatic rings. The number of halogens is 3. The molecule has 2 nitrogen and oxygen atoms in total. The van der Waals surface area contributed by atoms with E-state index in [-0.39, 0.29) is 18.3 Å². The van der Waals surface area contributed by atoms with Gasteiger partial charge >= 0.3 is 12.1 Å². The first-order valence-electron chi connectivity index (χ1n) is 7.77. The molecule has 128 valence electrons. The van der Waals surface area contributed by atoms with Crippen LogP contribution in [0.5, 0.6) is 0 Å². The van der Waals surface area contributed by atoms with Gasteiger partial charge in [0.1, 0.15) is 0 Å². The van der Waals surface area contributed by atoms with Gasteiger partial charge in [-0.15, -0.1) is 0 Å². The van der Waals surface area contributed by atoms with E-state index in [0.717, 1.165) is 23.3 Å². The van der Waals surface area contributed by atoms with Crippen molar-refractivity contribution in [2.24, 2.45) is 0 Å². The lowest BCUT2D eigenvalue weighted by atomic mass is 9.89. The van der Waals surface area contributed by atoms with E-state index in [9.17, 15) is 18.0 Å². The first-order chi connectivity index (χ1) is 11.4. The van der Waals surface area contributed by atoms with Crippen molar-refractivity contribution >= 4 is 5.97 Å². The van der Waals surface area contributed by atoms with Gasteiger partial charge < -0.3 is 4.74 Å². The molecule has 0 aliphatic carbocycles. The van der Waals surface area contributed by atoms with Gasteiger partial charge in [-0.05, 0) is 42.5 Å². The van der Waals surface area contributed by atoms with Crippen LogP contribution in [0.25, 0.3) is 0 Å². The van der Waals surface area contributed by atoms with E-state index in [0.29, 0.717) is 13.0 Å². The maximum atomic E-state index is 12.6. The Balaban J connectivity index is 2.17. The summed E-state index contributed by atoms with van der Waals surface area (Å²) in [5.41, 5.74) is 1.04. The van der Waals surface area contributed by atoms with Gasteiger partial charge in [0.05, 0.1) is 18.6 Å². The molecule has 0 N–H and O–H groups in total. The lowest BCUT2D eigenvalue weighted by molar-refractivity contribution is -0.143. The third kappa shape index (κ3) is 5.11. The molecule has 24 heavy (non-hydrogen) atoms. The molecule has 0 fully saturated rings. The molecular weight excluding hydrogens is 317 g/mol. The van der Waals surface area contributed by atoms with E-state index in [4.69, 9.17) is 4.74 Å². The number of hydrogen-bond donors (Lipinski definition) is 0. The third-order valence-electron chi connectivity index (χ3n) is 3.75. The van der Waals surface area contributed by atoms with Gasteiger partial charge in [-0.3, -0.25) is 4.79 Å². The third-order valence-corrected chi connectivity index (χ3v) is 3.75. The summed E-state index contributed by atoms with van der Waals surface area (Å²) in [5.74, 6) is -0.444. The van der Waals surface area contributed by atoms with E-state index < -0.39 is 11.7 Å². The first kappa shape index (κ1) is 18.0. The van der Waals surface area contributed by atoms with Gasteiger partial charge in [-0.1, -0.05) is 42.5 Å². The summed E-state index contributed by atoms with van der Waals surface area (Å²) in [5, 5.41) is 0. The fourth-order valence-corrected chi connectivity index (χ4v) is 2.57. The number of hydrogen-bond acceptors (Lipinski definition) is 2. The topological polar surface area (TPSA) is 26.3 Å². The highest BCUT2D eigenvalue weighted by atomic mass is 19.4. The predicted molar refractivity (Wildman–Crippen MR) is 85.6 cm³/mol. The number of esters is 1. The van der Waals surface area contributed by atoms with Crippen LogP contribution in [0.3, 0.4) is 0 Å². The molecule has 0 aliphatic heterocycles. The number of benzene rings is 2. The average molecular weight is 336 g/mol. The van der Waals surface area contributed by atoms with Crippen LogP contribution in [-0.2, 0) is 22.1 Å². The molecule has 0 spiro atoms. The Kier molecular flexibility index (Phi) is 6.01. The second-order valence-corrected chi connectivity index (χ2v) is 5.52. The Labute approximate surface area is 139 Å². The van der Waals surface area contributed by atoms with Crippen molar-refractivity contribution in [3.05, 3.63) is 71.3 Å². The molecule has 2 aromatic carbocycles. The van der Waals surface area contributed by atoms with Gasteiger partial charge in [-0.2, -0.15) is 13.2 Å². The van der Waals surface area contributed by atoms with Crippen LogP contribution in [0.15, 0.2) is 54.6 Å². The van der Waals surface area contributed by atoms with E-state index in [1.54, 1.807) is 6.92 Å². The van der Waals surface area contributed by atoms with Gasteiger partial charge in [-0.25, -0.2) is 0 Å². The fourth-order valence-electron chi connectivity index (χ4n) is 2.57. The monoisotopic (exact) mass is 336 g/mol. The van der Waals surface area contributed by atoms with Gasteiger partial charge in [0.25, 0.3) is 0 Å². The maximum absolute atomic E-state index is 12.6. The Bertz CT molecular complexity index is 649. The van der Waals surface area contributed by atoms with Crippen molar-refractivity contribution < 1.29 is 22.7 Å². The molecule has 0 aliphatic rings. The summed E-state index contributed by atoms with van der Waals surface area (Å²) in [6, 6.07) is 14.5. The second-order valence-electron chi connectivity index (χ2n) is 5.52. The van der Waals surface area contributed by atoms with Crippen LogP contribution in [0.1, 0.15) is 36.0 Å². The number of rotatable bonds is 6. The van der Waals surface area contributed by atoms with E-state index in [1.807, 2.05) is 30.3 Å². The van der Waals surface area contributed by atoms with Crippen molar-refractivity contribution in [1.29, 1.82) is 0 Å². The average Bonchev–Trinajstić information content (AvgIpc) is 2.55. The van der Waals surface area contributed by atoms with E-state index in [1.165, 1.54) is 12.1 Å². The molecule has 0 radical (unpaired) electrons. The Hall–Kier alpha value is -2.30. The number of carbonyl (C=O) groups excluding carboxylic acids is 1. The Morgan fingerprint density at radius 3 is 2.21 bits per heavy atom. The molecule has 0 saturated carbocycles. The summed E-state index contributed by atoms with van der Waals surface area (Å²) >= 11 is 0. The number of carbonyl (C=O) groups is 1. The minimum atomic E-state index is -4.34. The SMILES string of the molecule is CCOC(=O)CC(Cc1ccc(C(F)(F)F)cc1)c1ccccc1. The lowest BCUT2D eigenvalue weighted by Gasteiger charge is -2.17. The molecular formula is C19H19F3O2. The lowest BCUT2D eigenvalue weighted by Crippen LogP contribution is -2.13. The summed E-state index contributed by atoms with van der Waals surface area (Å²) in [6.07, 6.45) is -3.68. The first-order valence-corrected chi connectivity index (χ1v) is 7.77. The minimum absolute atomic E-state index is 0.137. The number of alkyl halides is 3. The van der Waals surface area contributed by atoms with Gasteiger partial charge in [0.15, 0.2) is 0 Å². The Morgan fingerprint density at radius 1 is 1.04 bits per heavy atom. The second kappa shape index (κ2) is 7.99. The minimum Gasteiger partial charge on any atom is -0.466 e. The molecule has 1 unspecified atom stereocenters. The molecule has 0 bridgehead atoms. The van der Waals surface area contributed by atoms with E-state index >= 15 is 0 Å².